The van der Waals surface area contributed by atoms with Crippen LogP contribution in [0.3, 0.4) is 0 Å². The van der Waals surface area contributed by atoms with Gasteiger partial charge in [0.15, 0.2) is 0 Å². The minimum Gasteiger partial charge on any atom is -0.354 e. The first-order valence-electron chi connectivity index (χ1n) is 5.26. The number of amides is 1. The second kappa shape index (κ2) is 2.51. The molecule has 2 fully saturated rings. The molecule has 2 aliphatic rings. The molecule has 0 radical (unpaired) electrons. The van der Waals surface area contributed by atoms with E-state index in [1.807, 2.05) is 32.6 Å². The maximum absolute atomic E-state index is 12.2. The van der Waals surface area contributed by atoms with Gasteiger partial charge in [0.25, 0.3) is 0 Å². The van der Waals surface area contributed by atoms with Gasteiger partial charge in [-0.15, -0.1) is 0 Å². The molecule has 0 bridgehead atoms. The van der Waals surface area contributed by atoms with Crippen LogP contribution in [-0.4, -0.2) is 29.2 Å². The molecule has 80 valence electrons. The molecule has 0 spiro atoms. The first-order valence-corrected chi connectivity index (χ1v) is 5.26. The van der Waals surface area contributed by atoms with E-state index >= 15 is 0 Å². The van der Waals surface area contributed by atoms with E-state index in [2.05, 4.69) is 6.92 Å². The van der Waals surface area contributed by atoms with E-state index in [-0.39, 0.29) is 17.4 Å². The van der Waals surface area contributed by atoms with Gasteiger partial charge >= 0.3 is 0 Å². The number of hydrogen-bond acceptors (Lipinski definition) is 2. The molecule has 2 unspecified atom stereocenters. The van der Waals surface area contributed by atoms with Gasteiger partial charge in [-0.05, 0) is 19.8 Å². The lowest BCUT2D eigenvalue weighted by Gasteiger charge is -2.30. The lowest BCUT2D eigenvalue weighted by molar-refractivity contribution is -0.148. The van der Waals surface area contributed by atoms with Gasteiger partial charge in [0.2, 0.25) is 5.91 Å². The molecule has 2 saturated heterocycles. The molecule has 1 amide bonds. The minimum absolute atomic E-state index is 0.230. The highest BCUT2D eigenvalue weighted by atomic mass is 16.5. The lowest BCUT2D eigenvalue weighted by atomic mass is 9.80. The maximum atomic E-state index is 12.2. The molecule has 0 aromatic rings. The predicted octanol–water partition coefficient (Wildman–Crippen LogP) is 1.63. The van der Waals surface area contributed by atoms with Crippen LogP contribution in [0, 0.1) is 11.3 Å². The van der Waals surface area contributed by atoms with Crippen molar-refractivity contribution in [3.63, 3.8) is 0 Å². The van der Waals surface area contributed by atoms with E-state index in [4.69, 9.17) is 4.74 Å². The maximum Gasteiger partial charge on any atom is 0.231 e. The van der Waals surface area contributed by atoms with Gasteiger partial charge < -0.3 is 9.64 Å². The average Bonchev–Trinajstić information content (AvgIpc) is 2.45. The molecular formula is C11H19NO2. The molecule has 2 rings (SSSR count). The Kier molecular flexibility index (Phi) is 1.79. The van der Waals surface area contributed by atoms with Crippen LogP contribution in [0.2, 0.25) is 0 Å². The number of carbonyl (C=O) groups is 1. The van der Waals surface area contributed by atoms with Crippen LogP contribution in [0.5, 0.6) is 0 Å². The van der Waals surface area contributed by atoms with Crippen LogP contribution in [0.25, 0.3) is 0 Å². The van der Waals surface area contributed by atoms with Crippen molar-refractivity contribution in [2.45, 2.75) is 46.4 Å². The Hall–Kier alpha value is -0.570. The van der Waals surface area contributed by atoms with E-state index in [1.54, 1.807) is 0 Å². The van der Waals surface area contributed by atoms with E-state index in [1.165, 1.54) is 0 Å². The largest absolute Gasteiger partial charge is 0.354 e. The van der Waals surface area contributed by atoms with Crippen molar-refractivity contribution in [1.82, 2.24) is 4.90 Å². The summed E-state index contributed by atoms with van der Waals surface area (Å²) in [4.78, 5) is 14.1. The molecule has 2 heterocycles. The first kappa shape index (κ1) is 9.97. The third kappa shape index (κ3) is 0.991. The third-order valence-electron chi connectivity index (χ3n) is 4.00. The van der Waals surface area contributed by atoms with Gasteiger partial charge in [-0.2, -0.15) is 0 Å². The summed E-state index contributed by atoms with van der Waals surface area (Å²) < 4.78 is 5.65. The van der Waals surface area contributed by atoms with Crippen LogP contribution in [0.15, 0.2) is 0 Å². The molecule has 0 saturated carbocycles. The predicted molar refractivity (Wildman–Crippen MR) is 53.6 cm³/mol. The summed E-state index contributed by atoms with van der Waals surface area (Å²) in [5, 5.41) is 0. The number of ether oxygens (including phenoxy) is 1. The van der Waals surface area contributed by atoms with Crippen LogP contribution < -0.4 is 0 Å². The summed E-state index contributed by atoms with van der Waals surface area (Å²) in [6.45, 7) is 10.8. The second-order valence-electron chi connectivity index (χ2n) is 5.51. The quantitative estimate of drug-likeness (QED) is 0.590. The molecule has 0 aliphatic carbocycles. The summed E-state index contributed by atoms with van der Waals surface area (Å²) >= 11 is 0. The van der Waals surface area contributed by atoms with Crippen molar-refractivity contribution in [2.24, 2.45) is 11.3 Å². The molecule has 14 heavy (non-hydrogen) atoms. The average molecular weight is 197 g/mol. The molecule has 0 aromatic carbocycles. The Morgan fingerprint density at radius 3 is 2.43 bits per heavy atom. The fourth-order valence-electron chi connectivity index (χ4n) is 2.58. The minimum atomic E-state index is -0.413. The summed E-state index contributed by atoms with van der Waals surface area (Å²) in [7, 11) is 0. The highest BCUT2D eigenvalue weighted by Gasteiger charge is 2.59. The molecule has 3 nitrogen and oxygen atoms in total. The highest BCUT2D eigenvalue weighted by molar-refractivity contribution is 5.86. The third-order valence-corrected chi connectivity index (χ3v) is 4.00. The normalized spacial score (nSPS) is 38.9. The molecular weight excluding hydrogens is 178 g/mol. The van der Waals surface area contributed by atoms with E-state index < -0.39 is 5.72 Å². The Balaban J connectivity index is 2.40. The first-order chi connectivity index (χ1) is 6.28. The number of rotatable bonds is 0. The summed E-state index contributed by atoms with van der Waals surface area (Å²) in [6, 6.07) is 0.271. The zero-order valence-electron chi connectivity index (χ0n) is 9.63. The fraction of sp³-hybridized carbons (Fsp3) is 0.909. The Bertz CT molecular complexity index is 283. The number of nitrogens with zero attached hydrogens (tertiary/aromatic N) is 1. The van der Waals surface area contributed by atoms with Gasteiger partial charge in [0, 0.05) is 5.41 Å². The van der Waals surface area contributed by atoms with Gasteiger partial charge in [0.1, 0.15) is 5.72 Å². The zero-order valence-corrected chi connectivity index (χ0v) is 9.63. The Morgan fingerprint density at radius 1 is 1.36 bits per heavy atom. The van der Waals surface area contributed by atoms with E-state index in [0.717, 1.165) is 0 Å². The van der Waals surface area contributed by atoms with Crippen molar-refractivity contribution in [3.05, 3.63) is 0 Å². The molecule has 3 heteroatoms. The SMILES string of the molecule is CC1C2COC(C)(C)N2C(=O)C1(C)C. The van der Waals surface area contributed by atoms with Gasteiger partial charge in [0.05, 0.1) is 12.6 Å². The topological polar surface area (TPSA) is 29.5 Å². The van der Waals surface area contributed by atoms with Gasteiger partial charge in [-0.1, -0.05) is 20.8 Å². The molecule has 0 aromatic heterocycles. The van der Waals surface area contributed by atoms with E-state index in [9.17, 15) is 4.79 Å². The summed E-state index contributed by atoms with van der Waals surface area (Å²) in [6.07, 6.45) is 0. The van der Waals surface area contributed by atoms with Crippen LogP contribution in [0.4, 0.5) is 0 Å². The highest BCUT2D eigenvalue weighted by Crippen LogP contribution is 2.47. The van der Waals surface area contributed by atoms with Crippen LogP contribution >= 0.6 is 0 Å². The lowest BCUT2D eigenvalue weighted by Crippen LogP contribution is -2.45. The van der Waals surface area contributed by atoms with Crippen molar-refractivity contribution >= 4 is 5.91 Å². The van der Waals surface area contributed by atoms with Gasteiger partial charge in [-0.3, -0.25) is 4.79 Å². The Morgan fingerprint density at radius 2 is 1.93 bits per heavy atom. The van der Waals surface area contributed by atoms with Crippen molar-refractivity contribution in [1.29, 1.82) is 0 Å². The molecule has 2 aliphatic heterocycles. The van der Waals surface area contributed by atoms with Crippen LogP contribution in [-0.2, 0) is 9.53 Å². The standard InChI is InChI=1S/C11H19NO2/c1-7-8-6-14-11(4,5)12(8)9(13)10(7,2)3/h7-8H,6H2,1-5H3. The van der Waals surface area contributed by atoms with E-state index in [0.29, 0.717) is 12.5 Å². The van der Waals surface area contributed by atoms with Gasteiger partial charge in [-0.25, -0.2) is 0 Å². The monoisotopic (exact) mass is 197 g/mol. The summed E-state index contributed by atoms with van der Waals surface area (Å²) in [5.74, 6) is 0.606. The fourth-order valence-corrected chi connectivity index (χ4v) is 2.58. The second-order valence-corrected chi connectivity index (χ2v) is 5.51. The smallest absolute Gasteiger partial charge is 0.231 e. The van der Waals surface area contributed by atoms with Crippen molar-refractivity contribution < 1.29 is 9.53 Å². The number of carbonyl (C=O) groups excluding carboxylic acids is 1. The van der Waals surface area contributed by atoms with Crippen molar-refractivity contribution in [3.8, 4) is 0 Å². The van der Waals surface area contributed by atoms with Crippen molar-refractivity contribution in [2.75, 3.05) is 6.61 Å². The number of fused-ring (bicyclic) bond motifs is 1. The summed E-state index contributed by atoms with van der Waals surface area (Å²) in [5.41, 5.74) is -0.643. The van der Waals surface area contributed by atoms with Crippen LogP contribution in [0.1, 0.15) is 34.6 Å². The molecule has 0 N–H and O–H groups in total. The molecule has 2 atom stereocenters. The zero-order chi connectivity index (χ0) is 10.7. The number of hydrogen-bond donors (Lipinski definition) is 0. The Labute approximate surface area is 85.4 Å².